The van der Waals surface area contributed by atoms with Gasteiger partial charge in [-0.3, -0.25) is 0 Å². The van der Waals surface area contributed by atoms with Gasteiger partial charge in [-0.05, 0) is 30.2 Å². The fourth-order valence-corrected chi connectivity index (χ4v) is 4.35. The van der Waals surface area contributed by atoms with Gasteiger partial charge in [0.2, 0.25) is 16.0 Å². The van der Waals surface area contributed by atoms with E-state index in [0.717, 1.165) is 5.56 Å². The third kappa shape index (κ3) is 3.20. The van der Waals surface area contributed by atoms with Gasteiger partial charge in [0.1, 0.15) is 10.6 Å². The van der Waals surface area contributed by atoms with E-state index in [2.05, 4.69) is 14.7 Å². The van der Waals surface area contributed by atoms with Gasteiger partial charge in [-0.15, -0.1) is 0 Å². The van der Waals surface area contributed by atoms with Gasteiger partial charge in [0.25, 0.3) is 0 Å². The van der Waals surface area contributed by atoms with Crippen LogP contribution in [0, 0.1) is 0 Å². The smallest absolute Gasteiger partial charge is 0.337 e. The Hall–Kier alpha value is -2.72. The van der Waals surface area contributed by atoms with Gasteiger partial charge < -0.3 is 15.2 Å². The van der Waals surface area contributed by atoms with Gasteiger partial charge in [-0.2, -0.15) is 4.31 Å². The zero-order chi connectivity index (χ0) is 18.9. The number of nitrogens with zero attached hydrogens (tertiary/aromatic N) is 3. The van der Waals surface area contributed by atoms with E-state index >= 15 is 0 Å². The predicted octanol–water partition coefficient (Wildman–Crippen LogP) is 0.601. The molecule has 0 spiro atoms. The first kappa shape index (κ1) is 18.1. The van der Waals surface area contributed by atoms with Gasteiger partial charge in [-0.25, -0.2) is 23.2 Å². The zero-order valence-electron chi connectivity index (χ0n) is 14.3. The first-order valence-electron chi connectivity index (χ1n) is 7.73. The maximum absolute atomic E-state index is 13.1. The topological polar surface area (TPSA) is 125 Å². The Morgan fingerprint density at radius 2 is 2.08 bits per heavy atom. The number of methoxy groups -OCH3 is 2. The van der Waals surface area contributed by atoms with E-state index in [4.69, 9.17) is 10.5 Å². The van der Waals surface area contributed by atoms with Crippen LogP contribution in [0.2, 0.25) is 0 Å². The second kappa shape index (κ2) is 6.89. The van der Waals surface area contributed by atoms with Crippen molar-refractivity contribution < 1.29 is 22.7 Å². The average molecular weight is 378 g/mol. The number of benzene rings is 1. The molecule has 2 N–H and O–H groups in total. The number of fused-ring (bicyclic) bond motifs is 1. The molecule has 0 saturated heterocycles. The number of sulfonamides is 1. The molecule has 1 aromatic heterocycles. The Labute approximate surface area is 150 Å². The van der Waals surface area contributed by atoms with E-state index in [-0.39, 0.29) is 35.2 Å². The van der Waals surface area contributed by atoms with Crippen LogP contribution in [0.3, 0.4) is 0 Å². The third-order valence-corrected chi connectivity index (χ3v) is 6.00. The number of carbonyl (C=O) groups excluding carboxylic acids is 1. The molecule has 1 aliphatic rings. The van der Waals surface area contributed by atoms with Crippen molar-refractivity contribution in [3.05, 3.63) is 41.2 Å². The van der Waals surface area contributed by atoms with Crippen LogP contribution in [0.15, 0.2) is 29.3 Å². The minimum atomic E-state index is -3.93. The quantitative estimate of drug-likeness (QED) is 0.767. The number of nitrogen functional groups attached to an aromatic ring is 1. The van der Waals surface area contributed by atoms with E-state index in [9.17, 15) is 13.2 Å². The van der Waals surface area contributed by atoms with Crippen molar-refractivity contribution in [3.8, 4) is 5.75 Å². The van der Waals surface area contributed by atoms with Crippen molar-refractivity contribution in [2.24, 2.45) is 0 Å². The van der Waals surface area contributed by atoms with Crippen LogP contribution in [0.1, 0.15) is 21.6 Å². The molecule has 2 aromatic rings. The van der Waals surface area contributed by atoms with Gasteiger partial charge in [0.15, 0.2) is 0 Å². The molecule has 1 aromatic carbocycles. The van der Waals surface area contributed by atoms with Crippen LogP contribution in [-0.2, 0) is 27.7 Å². The Bertz CT molecular complexity index is 961. The summed E-state index contributed by atoms with van der Waals surface area (Å²) in [6, 6.07) is 4.13. The molecular weight excluding hydrogens is 360 g/mol. The number of esters is 1. The maximum Gasteiger partial charge on any atom is 0.337 e. The van der Waals surface area contributed by atoms with Crippen molar-refractivity contribution in [1.82, 2.24) is 14.3 Å². The van der Waals surface area contributed by atoms with Crippen LogP contribution in [0.25, 0.3) is 0 Å². The van der Waals surface area contributed by atoms with Crippen molar-refractivity contribution in [2.75, 3.05) is 26.5 Å². The average Bonchev–Trinajstić information content (AvgIpc) is 2.66. The molecule has 26 heavy (non-hydrogen) atoms. The van der Waals surface area contributed by atoms with Crippen LogP contribution in [-0.4, -0.2) is 49.4 Å². The molecule has 3 rings (SSSR count). The Morgan fingerprint density at radius 1 is 1.31 bits per heavy atom. The molecule has 9 nitrogen and oxygen atoms in total. The number of aromatic nitrogens is 2. The van der Waals surface area contributed by atoms with Gasteiger partial charge >= 0.3 is 5.97 Å². The van der Waals surface area contributed by atoms with Crippen LogP contribution in [0.4, 0.5) is 5.95 Å². The number of hydrogen-bond donors (Lipinski definition) is 1. The van der Waals surface area contributed by atoms with Crippen molar-refractivity contribution in [1.29, 1.82) is 0 Å². The molecule has 0 amide bonds. The molecule has 0 aliphatic carbocycles. The SMILES string of the molecule is COC(=O)c1ccc(OC)c(S(=O)(=O)N2CCc3cnc(N)nc3C2)c1. The minimum absolute atomic E-state index is 0.0655. The Balaban J connectivity index is 2.01. The molecule has 1 aliphatic heterocycles. The summed E-state index contributed by atoms with van der Waals surface area (Å²) in [5.74, 6) is -0.396. The third-order valence-electron chi connectivity index (χ3n) is 4.13. The summed E-state index contributed by atoms with van der Waals surface area (Å²) in [5, 5.41) is 0. The summed E-state index contributed by atoms with van der Waals surface area (Å²) >= 11 is 0. The fraction of sp³-hybridized carbons (Fsp3) is 0.312. The molecule has 0 unspecified atom stereocenters. The van der Waals surface area contributed by atoms with Crippen molar-refractivity contribution >= 4 is 21.9 Å². The lowest BCUT2D eigenvalue weighted by molar-refractivity contribution is 0.0600. The summed E-state index contributed by atoms with van der Waals surface area (Å²) in [6.45, 7) is 0.324. The number of hydrogen-bond acceptors (Lipinski definition) is 8. The standard InChI is InChI=1S/C16H18N4O5S/c1-24-13-4-3-10(15(21)25-2)7-14(13)26(22,23)20-6-5-11-8-18-16(17)19-12(11)9-20/h3-4,7-8H,5-6,9H2,1-2H3,(H2,17,18,19). The number of rotatable bonds is 4. The number of ether oxygens (including phenoxy) is 2. The normalized spacial score (nSPS) is 14.5. The highest BCUT2D eigenvalue weighted by atomic mass is 32.2. The molecule has 2 heterocycles. The fourth-order valence-electron chi connectivity index (χ4n) is 2.76. The second-order valence-corrected chi connectivity index (χ2v) is 7.55. The highest BCUT2D eigenvalue weighted by molar-refractivity contribution is 7.89. The van der Waals surface area contributed by atoms with Crippen LogP contribution < -0.4 is 10.5 Å². The molecule has 0 saturated carbocycles. The molecule has 10 heteroatoms. The molecule has 0 atom stereocenters. The van der Waals surface area contributed by atoms with Gasteiger partial charge in [0.05, 0.1) is 32.0 Å². The molecule has 0 fully saturated rings. The van der Waals surface area contributed by atoms with Crippen molar-refractivity contribution in [2.45, 2.75) is 17.9 Å². The minimum Gasteiger partial charge on any atom is -0.495 e. The molecular formula is C16H18N4O5S. The lowest BCUT2D eigenvalue weighted by Crippen LogP contribution is -2.37. The van der Waals surface area contributed by atoms with Gasteiger partial charge in [-0.1, -0.05) is 0 Å². The predicted molar refractivity (Wildman–Crippen MR) is 92.1 cm³/mol. The number of nitrogens with two attached hydrogens (primary N) is 1. The number of anilines is 1. The summed E-state index contributed by atoms with van der Waals surface area (Å²) in [6.07, 6.45) is 2.08. The van der Waals surface area contributed by atoms with E-state index < -0.39 is 16.0 Å². The summed E-state index contributed by atoms with van der Waals surface area (Å²) in [4.78, 5) is 19.7. The summed E-state index contributed by atoms with van der Waals surface area (Å²) in [7, 11) is -1.33. The second-order valence-electron chi connectivity index (χ2n) is 5.65. The first-order chi connectivity index (χ1) is 12.4. The highest BCUT2D eigenvalue weighted by Crippen LogP contribution is 2.31. The maximum atomic E-state index is 13.1. The largest absolute Gasteiger partial charge is 0.495 e. The number of carbonyl (C=O) groups is 1. The monoisotopic (exact) mass is 378 g/mol. The summed E-state index contributed by atoms with van der Waals surface area (Å²) < 4.78 is 37.4. The highest BCUT2D eigenvalue weighted by Gasteiger charge is 2.32. The van der Waals surface area contributed by atoms with E-state index in [1.54, 1.807) is 6.20 Å². The van der Waals surface area contributed by atoms with E-state index in [0.29, 0.717) is 12.1 Å². The van der Waals surface area contributed by atoms with Crippen molar-refractivity contribution in [3.63, 3.8) is 0 Å². The Kier molecular flexibility index (Phi) is 4.79. The molecule has 138 valence electrons. The Morgan fingerprint density at radius 3 is 2.77 bits per heavy atom. The van der Waals surface area contributed by atoms with E-state index in [1.807, 2.05) is 0 Å². The summed E-state index contributed by atoms with van der Waals surface area (Å²) in [5.41, 5.74) is 7.15. The zero-order valence-corrected chi connectivity index (χ0v) is 15.1. The van der Waals surface area contributed by atoms with E-state index in [1.165, 1.54) is 36.7 Å². The lowest BCUT2D eigenvalue weighted by atomic mass is 10.1. The van der Waals surface area contributed by atoms with Crippen LogP contribution >= 0.6 is 0 Å². The van der Waals surface area contributed by atoms with Crippen LogP contribution in [0.5, 0.6) is 5.75 Å². The lowest BCUT2D eigenvalue weighted by Gasteiger charge is -2.27. The first-order valence-corrected chi connectivity index (χ1v) is 9.17. The molecule has 0 radical (unpaired) electrons. The van der Waals surface area contributed by atoms with Gasteiger partial charge in [0, 0.05) is 12.7 Å². The molecule has 0 bridgehead atoms.